The van der Waals surface area contributed by atoms with E-state index in [4.69, 9.17) is 4.42 Å². The molecule has 1 aromatic carbocycles. The summed E-state index contributed by atoms with van der Waals surface area (Å²) in [5.41, 5.74) is 1.68. The molecule has 1 fully saturated rings. The summed E-state index contributed by atoms with van der Waals surface area (Å²) in [7, 11) is 0. The molecule has 1 aliphatic rings. The van der Waals surface area contributed by atoms with Crippen LogP contribution >= 0.6 is 0 Å². The molecule has 2 aromatic rings. The standard InChI is InChI=1S/C17H20FN3O2/c1-12(2)15-16(23-11-19-15)17(22)21-9-7-20(8-10-21)14-5-3-13(18)4-6-14/h3-6,11-12H,7-10H2,1-2H3. The van der Waals surface area contributed by atoms with E-state index in [9.17, 15) is 9.18 Å². The molecule has 0 aliphatic carbocycles. The highest BCUT2D eigenvalue weighted by Crippen LogP contribution is 2.21. The first kappa shape index (κ1) is 15.5. The highest BCUT2D eigenvalue weighted by Gasteiger charge is 2.27. The zero-order valence-corrected chi connectivity index (χ0v) is 13.3. The largest absolute Gasteiger partial charge is 0.438 e. The number of carbonyl (C=O) groups excluding carboxylic acids is 1. The van der Waals surface area contributed by atoms with Gasteiger partial charge in [-0.15, -0.1) is 0 Å². The summed E-state index contributed by atoms with van der Waals surface area (Å²) in [6, 6.07) is 6.44. The number of rotatable bonds is 3. The van der Waals surface area contributed by atoms with Crippen molar-refractivity contribution in [3.05, 3.63) is 47.9 Å². The Hall–Kier alpha value is -2.37. The molecule has 0 spiro atoms. The van der Waals surface area contributed by atoms with Gasteiger partial charge in [-0.1, -0.05) is 13.8 Å². The lowest BCUT2D eigenvalue weighted by molar-refractivity contribution is 0.0712. The fourth-order valence-corrected chi connectivity index (χ4v) is 2.79. The van der Waals surface area contributed by atoms with Crippen molar-refractivity contribution in [3.63, 3.8) is 0 Å². The van der Waals surface area contributed by atoms with Gasteiger partial charge < -0.3 is 14.2 Å². The Bertz CT molecular complexity index is 673. The number of amides is 1. The van der Waals surface area contributed by atoms with Gasteiger partial charge in [0.05, 0.1) is 5.69 Å². The van der Waals surface area contributed by atoms with Crippen molar-refractivity contribution in [2.24, 2.45) is 0 Å². The molecule has 5 nitrogen and oxygen atoms in total. The number of aromatic nitrogens is 1. The fraction of sp³-hybridized carbons (Fsp3) is 0.412. The van der Waals surface area contributed by atoms with Crippen LogP contribution in [0.5, 0.6) is 0 Å². The summed E-state index contributed by atoms with van der Waals surface area (Å²) in [6.45, 7) is 6.61. The average Bonchev–Trinajstić information content (AvgIpc) is 3.05. The quantitative estimate of drug-likeness (QED) is 0.873. The second kappa shape index (κ2) is 6.40. The molecule has 0 N–H and O–H groups in total. The molecular weight excluding hydrogens is 297 g/mol. The van der Waals surface area contributed by atoms with Crippen molar-refractivity contribution in [1.29, 1.82) is 0 Å². The van der Waals surface area contributed by atoms with Crippen molar-refractivity contribution in [3.8, 4) is 0 Å². The lowest BCUT2D eigenvalue weighted by atomic mass is 10.1. The van der Waals surface area contributed by atoms with Gasteiger partial charge in [0, 0.05) is 31.9 Å². The van der Waals surface area contributed by atoms with Crippen LogP contribution in [0.1, 0.15) is 36.0 Å². The Kier molecular flexibility index (Phi) is 4.32. The Labute approximate surface area is 134 Å². The predicted octanol–water partition coefficient (Wildman–Crippen LogP) is 2.90. The number of hydrogen-bond acceptors (Lipinski definition) is 4. The zero-order valence-electron chi connectivity index (χ0n) is 13.3. The molecule has 0 saturated carbocycles. The molecule has 3 rings (SSSR count). The molecule has 1 aromatic heterocycles. The zero-order chi connectivity index (χ0) is 16.4. The number of halogens is 1. The minimum absolute atomic E-state index is 0.107. The molecule has 1 saturated heterocycles. The number of oxazole rings is 1. The molecule has 0 unspecified atom stereocenters. The van der Waals surface area contributed by atoms with Gasteiger partial charge in [0.25, 0.3) is 5.91 Å². The molecule has 0 atom stereocenters. The van der Waals surface area contributed by atoms with Crippen LogP contribution in [0.3, 0.4) is 0 Å². The number of nitrogens with zero attached hydrogens (tertiary/aromatic N) is 3. The van der Waals surface area contributed by atoms with E-state index < -0.39 is 0 Å². The van der Waals surface area contributed by atoms with Crippen LogP contribution in [0.25, 0.3) is 0 Å². The highest BCUT2D eigenvalue weighted by atomic mass is 19.1. The van der Waals surface area contributed by atoms with Gasteiger partial charge in [0.15, 0.2) is 6.39 Å². The molecule has 6 heteroatoms. The van der Waals surface area contributed by atoms with Gasteiger partial charge in [-0.25, -0.2) is 9.37 Å². The molecule has 1 aliphatic heterocycles. The molecule has 1 amide bonds. The summed E-state index contributed by atoms with van der Waals surface area (Å²) in [5.74, 6) is 0.141. The second-order valence-corrected chi connectivity index (χ2v) is 5.98. The monoisotopic (exact) mass is 317 g/mol. The highest BCUT2D eigenvalue weighted by molar-refractivity contribution is 5.92. The minimum Gasteiger partial charge on any atom is -0.438 e. The second-order valence-electron chi connectivity index (χ2n) is 5.98. The molecule has 0 bridgehead atoms. The van der Waals surface area contributed by atoms with E-state index in [1.54, 1.807) is 17.0 Å². The fourth-order valence-electron chi connectivity index (χ4n) is 2.79. The molecule has 122 valence electrons. The Morgan fingerprint density at radius 3 is 2.43 bits per heavy atom. The van der Waals surface area contributed by atoms with E-state index in [2.05, 4.69) is 9.88 Å². The maximum Gasteiger partial charge on any atom is 0.291 e. The van der Waals surface area contributed by atoms with Crippen LogP contribution in [0.15, 0.2) is 35.1 Å². The van der Waals surface area contributed by atoms with E-state index in [0.29, 0.717) is 37.6 Å². The summed E-state index contributed by atoms with van der Waals surface area (Å²) < 4.78 is 18.3. The van der Waals surface area contributed by atoms with Crippen molar-refractivity contribution >= 4 is 11.6 Å². The molecule has 2 heterocycles. The van der Waals surface area contributed by atoms with E-state index in [0.717, 1.165) is 5.69 Å². The lowest BCUT2D eigenvalue weighted by Crippen LogP contribution is -2.48. The maximum atomic E-state index is 13.0. The number of piperazine rings is 1. The van der Waals surface area contributed by atoms with Crippen molar-refractivity contribution in [2.45, 2.75) is 19.8 Å². The Morgan fingerprint density at radius 2 is 1.83 bits per heavy atom. The van der Waals surface area contributed by atoms with Crippen LogP contribution in [0.4, 0.5) is 10.1 Å². The third-order valence-corrected chi connectivity index (χ3v) is 4.09. The third-order valence-electron chi connectivity index (χ3n) is 4.09. The SMILES string of the molecule is CC(C)c1ncoc1C(=O)N1CCN(c2ccc(F)cc2)CC1. The van der Waals surface area contributed by atoms with Crippen LogP contribution in [0, 0.1) is 5.82 Å². The van der Waals surface area contributed by atoms with E-state index in [1.807, 2.05) is 13.8 Å². The van der Waals surface area contributed by atoms with Crippen LogP contribution in [-0.2, 0) is 0 Å². The van der Waals surface area contributed by atoms with Gasteiger partial charge in [0.1, 0.15) is 5.82 Å². The number of anilines is 1. The van der Waals surface area contributed by atoms with Gasteiger partial charge >= 0.3 is 0 Å². The van der Waals surface area contributed by atoms with Crippen molar-refractivity contribution in [1.82, 2.24) is 9.88 Å². The maximum absolute atomic E-state index is 13.0. The smallest absolute Gasteiger partial charge is 0.291 e. The minimum atomic E-state index is -0.242. The van der Waals surface area contributed by atoms with Crippen LogP contribution < -0.4 is 4.90 Å². The summed E-state index contributed by atoms with van der Waals surface area (Å²) in [4.78, 5) is 20.7. The van der Waals surface area contributed by atoms with Gasteiger partial charge in [-0.2, -0.15) is 0 Å². The van der Waals surface area contributed by atoms with E-state index in [-0.39, 0.29) is 17.6 Å². The van der Waals surface area contributed by atoms with Gasteiger partial charge in [0.2, 0.25) is 5.76 Å². The first-order chi connectivity index (χ1) is 11.1. The number of benzene rings is 1. The molecule has 0 radical (unpaired) electrons. The Balaban J connectivity index is 1.65. The van der Waals surface area contributed by atoms with Crippen molar-refractivity contribution < 1.29 is 13.6 Å². The lowest BCUT2D eigenvalue weighted by Gasteiger charge is -2.35. The van der Waals surface area contributed by atoms with Gasteiger partial charge in [-0.3, -0.25) is 4.79 Å². The normalized spacial score (nSPS) is 15.3. The summed E-state index contributed by atoms with van der Waals surface area (Å²) in [6.07, 6.45) is 1.33. The molecular formula is C17H20FN3O2. The number of carbonyl (C=O) groups is 1. The Morgan fingerprint density at radius 1 is 1.17 bits per heavy atom. The van der Waals surface area contributed by atoms with Crippen LogP contribution in [-0.4, -0.2) is 42.0 Å². The third kappa shape index (κ3) is 3.21. The van der Waals surface area contributed by atoms with Crippen LogP contribution in [0.2, 0.25) is 0 Å². The topological polar surface area (TPSA) is 49.6 Å². The summed E-state index contributed by atoms with van der Waals surface area (Å²) >= 11 is 0. The predicted molar refractivity (Wildman–Crippen MR) is 85.1 cm³/mol. The van der Waals surface area contributed by atoms with E-state index >= 15 is 0 Å². The summed E-state index contributed by atoms with van der Waals surface area (Å²) in [5, 5.41) is 0. The number of hydrogen-bond donors (Lipinski definition) is 0. The van der Waals surface area contributed by atoms with E-state index in [1.165, 1.54) is 18.5 Å². The first-order valence-corrected chi connectivity index (χ1v) is 7.79. The molecule has 23 heavy (non-hydrogen) atoms. The average molecular weight is 317 g/mol. The van der Waals surface area contributed by atoms with Gasteiger partial charge in [-0.05, 0) is 30.2 Å². The first-order valence-electron chi connectivity index (χ1n) is 7.79. The van der Waals surface area contributed by atoms with Crippen molar-refractivity contribution in [2.75, 3.05) is 31.1 Å².